The van der Waals surface area contributed by atoms with Crippen molar-refractivity contribution in [3.63, 3.8) is 0 Å². The molecule has 0 aliphatic carbocycles. The molecule has 0 aliphatic heterocycles. The largest absolute Gasteiger partial charge is 0.492 e. The summed E-state index contributed by atoms with van der Waals surface area (Å²) in [4.78, 5) is 15.1. The van der Waals surface area contributed by atoms with Crippen LogP contribution in [-0.2, 0) is 11.3 Å². The van der Waals surface area contributed by atoms with Crippen molar-refractivity contribution in [1.82, 2.24) is 19.7 Å². The number of amides is 1. The summed E-state index contributed by atoms with van der Waals surface area (Å²) in [5.74, 6) is 1.43. The van der Waals surface area contributed by atoms with E-state index >= 15 is 0 Å². The van der Waals surface area contributed by atoms with Gasteiger partial charge in [-0.2, -0.15) is 5.10 Å². The van der Waals surface area contributed by atoms with Crippen molar-refractivity contribution in [2.24, 2.45) is 0 Å². The van der Waals surface area contributed by atoms with Crippen molar-refractivity contribution in [3.05, 3.63) is 52.1 Å². The lowest BCUT2D eigenvalue weighted by Gasteiger charge is -2.18. The van der Waals surface area contributed by atoms with E-state index in [-0.39, 0.29) is 12.5 Å². The second kappa shape index (κ2) is 8.29. The minimum Gasteiger partial charge on any atom is -0.492 e. The van der Waals surface area contributed by atoms with E-state index in [1.807, 2.05) is 48.7 Å². The van der Waals surface area contributed by atoms with Gasteiger partial charge in [-0.3, -0.25) is 14.5 Å². The molecule has 1 aromatic carbocycles. The van der Waals surface area contributed by atoms with Crippen LogP contribution in [0.5, 0.6) is 5.75 Å². The number of carbonyl (C=O) groups excluding carboxylic acids is 1. The maximum absolute atomic E-state index is 12.5. The third-order valence-electron chi connectivity index (χ3n) is 3.94. The van der Waals surface area contributed by atoms with Crippen molar-refractivity contribution in [1.29, 1.82) is 0 Å². The summed E-state index contributed by atoms with van der Waals surface area (Å²) < 4.78 is 7.84. The molecule has 0 saturated heterocycles. The van der Waals surface area contributed by atoms with Crippen LogP contribution in [-0.4, -0.2) is 45.8 Å². The van der Waals surface area contributed by atoms with Crippen LogP contribution in [0.15, 0.2) is 41.8 Å². The number of rotatable bonds is 7. The summed E-state index contributed by atoms with van der Waals surface area (Å²) in [5, 5.41) is 8.97. The average molecular weight is 389 g/mol. The SMILES string of the molecule is Cc1ccc(OCCN(C)C(=O)Cn2c(-c3cccs3)n[nH]c2=S)cc1. The molecule has 0 radical (unpaired) electrons. The predicted molar refractivity (Wildman–Crippen MR) is 105 cm³/mol. The van der Waals surface area contributed by atoms with Crippen LogP contribution < -0.4 is 4.74 Å². The van der Waals surface area contributed by atoms with E-state index in [0.29, 0.717) is 23.7 Å². The van der Waals surface area contributed by atoms with E-state index in [0.717, 1.165) is 10.6 Å². The summed E-state index contributed by atoms with van der Waals surface area (Å²) in [5.41, 5.74) is 1.18. The Morgan fingerprint density at radius 3 is 2.81 bits per heavy atom. The number of aromatic nitrogens is 3. The molecule has 26 heavy (non-hydrogen) atoms. The molecular formula is C18H20N4O2S2. The average Bonchev–Trinajstić information content (AvgIpc) is 3.27. The normalized spacial score (nSPS) is 10.7. The summed E-state index contributed by atoms with van der Waals surface area (Å²) in [6.07, 6.45) is 0. The molecule has 0 spiro atoms. The van der Waals surface area contributed by atoms with Gasteiger partial charge in [-0.1, -0.05) is 23.8 Å². The monoisotopic (exact) mass is 388 g/mol. The highest BCUT2D eigenvalue weighted by molar-refractivity contribution is 7.71. The van der Waals surface area contributed by atoms with Gasteiger partial charge in [0.1, 0.15) is 18.9 Å². The van der Waals surface area contributed by atoms with Gasteiger partial charge >= 0.3 is 0 Å². The predicted octanol–water partition coefficient (Wildman–Crippen LogP) is 3.52. The van der Waals surface area contributed by atoms with Gasteiger partial charge in [0.25, 0.3) is 0 Å². The fourth-order valence-corrected chi connectivity index (χ4v) is 3.29. The molecular weight excluding hydrogens is 368 g/mol. The lowest BCUT2D eigenvalue weighted by Crippen LogP contribution is -2.33. The topological polar surface area (TPSA) is 63.1 Å². The second-order valence-corrected chi connectivity index (χ2v) is 7.23. The number of carbonyl (C=O) groups is 1. The Kier molecular flexibility index (Phi) is 5.85. The quantitative estimate of drug-likeness (QED) is 0.629. The van der Waals surface area contributed by atoms with Crippen molar-refractivity contribution < 1.29 is 9.53 Å². The summed E-state index contributed by atoms with van der Waals surface area (Å²) in [6.45, 7) is 3.09. The van der Waals surface area contributed by atoms with Crippen molar-refractivity contribution >= 4 is 29.5 Å². The smallest absolute Gasteiger partial charge is 0.242 e. The van der Waals surface area contributed by atoms with Crippen molar-refractivity contribution in [3.8, 4) is 16.5 Å². The fourth-order valence-electron chi connectivity index (χ4n) is 2.37. The van der Waals surface area contributed by atoms with E-state index < -0.39 is 0 Å². The zero-order valence-electron chi connectivity index (χ0n) is 14.6. The molecule has 0 fully saturated rings. The number of likely N-dealkylation sites (N-methyl/N-ethyl adjacent to an activating group) is 1. The molecule has 0 aliphatic rings. The van der Waals surface area contributed by atoms with Gasteiger partial charge in [0.05, 0.1) is 11.4 Å². The molecule has 2 aromatic heterocycles. The number of nitrogens with one attached hydrogen (secondary N) is 1. The van der Waals surface area contributed by atoms with E-state index in [2.05, 4.69) is 10.2 Å². The highest BCUT2D eigenvalue weighted by Gasteiger charge is 2.15. The van der Waals surface area contributed by atoms with Gasteiger partial charge < -0.3 is 9.64 Å². The molecule has 2 heterocycles. The Bertz CT molecular complexity index is 914. The Hall–Kier alpha value is -2.45. The highest BCUT2D eigenvalue weighted by atomic mass is 32.1. The number of aryl methyl sites for hydroxylation is 1. The minimum atomic E-state index is -0.0483. The van der Waals surface area contributed by atoms with Crippen LogP contribution >= 0.6 is 23.6 Å². The number of ether oxygens (including phenoxy) is 1. The number of nitrogens with zero attached hydrogens (tertiary/aromatic N) is 3. The third-order valence-corrected chi connectivity index (χ3v) is 5.11. The van der Waals surface area contributed by atoms with Gasteiger partial charge in [0, 0.05) is 7.05 Å². The van der Waals surface area contributed by atoms with Crippen LogP contribution in [0.2, 0.25) is 0 Å². The van der Waals surface area contributed by atoms with Crippen LogP contribution in [0.1, 0.15) is 5.56 Å². The zero-order chi connectivity index (χ0) is 18.5. The first-order chi connectivity index (χ1) is 12.5. The summed E-state index contributed by atoms with van der Waals surface area (Å²) >= 11 is 6.82. The highest BCUT2D eigenvalue weighted by Crippen LogP contribution is 2.22. The molecule has 3 rings (SSSR count). The molecule has 0 bridgehead atoms. The Morgan fingerprint density at radius 2 is 2.12 bits per heavy atom. The van der Waals surface area contributed by atoms with E-state index in [9.17, 15) is 4.79 Å². The zero-order valence-corrected chi connectivity index (χ0v) is 16.3. The Labute approximate surface area is 161 Å². The standard InChI is InChI=1S/C18H20N4O2S2/c1-13-5-7-14(8-6-13)24-10-9-21(2)16(23)12-22-17(19-20-18(22)25)15-4-3-11-26-15/h3-8,11H,9-10,12H2,1-2H3,(H,20,25). The molecule has 0 saturated carbocycles. The molecule has 0 atom stereocenters. The van der Waals surface area contributed by atoms with Gasteiger partial charge in [-0.25, -0.2) is 0 Å². The first kappa shape index (κ1) is 18.3. The first-order valence-electron chi connectivity index (χ1n) is 8.17. The van der Waals surface area contributed by atoms with Crippen LogP contribution in [0.3, 0.4) is 0 Å². The van der Waals surface area contributed by atoms with E-state index in [1.54, 1.807) is 27.9 Å². The van der Waals surface area contributed by atoms with E-state index in [4.69, 9.17) is 17.0 Å². The molecule has 1 N–H and O–H groups in total. The van der Waals surface area contributed by atoms with Crippen LogP contribution in [0, 0.1) is 11.7 Å². The molecule has 1 amide bonds. The lowest BCUT2D eigenvalue weighted by molar-refractivity contribution is -0.130. The maximum atomic E-state index is 12.5. The number of aromatic amines is 1. The number of H-pyrrole nitrogens is 1. The third kappa shape index (κ3) is 4.39. The molecule has 6 nitrogen and oxygen atoms in total. The number of benzene rings is 1. The number of hydrogen-bond donors (Lipinski definition) is 1. The Morgan fingerprint density at radius 1 is 1.35 bits per heavy atom. The summed E-state index contributed by atoms with van der Waals surface area (Å²) in [7, 11) is 1.76. The van der Waals surface area contributed by atoms with Crippen molar-refractivity contribution in [2.45, 2.75) is 13.5 Å². The van der Waals surface area contributed by atoms with Gasteiger partial charge in [-0.05, 0) is 42.7 Å². The fraction of sp³-hybridized carbons (Fsp3) is 0.278. The number of hydrogen-bond acceptors (Lipinski definition) is 5. The maximum Gasteiger partial charge on any atom is 0.242 e. The van der Waals surface area contributed by atoms with E-state index in [1.165, 1.54) is 5.56 Å². The van der Waals surface area contributed by atoms with Gasteiger partial charge in [0.15, 0.2) is 10.6 Å². The molecule has 8 heteroatoms. The van der Waals surface area contributed by atoms with Gasteiger partial charge in [0.2, 0.25) is 5.91 Å². The van der Waals surface area contributed by atoms with Crippen molar-refractivity contribution in [2.75, 3.05) is 20.2 Å². The molecule has 136 valence electrons. The lowest BCUT2D eigenvalue weighted by atomic mass is 10.2. The second-order valence-electron chi connectivity index (χ2n) is 5.89. The van der Waals surface area contributed by atoms with Crippen LogP contribution in [0.25, 0.3) is 10.7 Å². The number of thiophene rings is 1. The molecule has 3 aromatic rings. The van der Waals surface area contributed by atoms with Crippen LogP contribution in [0.4, 0.5) is 0 Å². The Balaban J connectivity index is 1.57. The minimum absolute atomic E-state index is 0.0483. The summed E-state index contributed by atoms with van der Waals surface area (Å²) in [6, 6.07) is 11.7. The first-order valence-corrected chi connectivity index (χ1v) is 9.46. The molecule has 0 unspecified atom stereocenters. The van der Waals surface area contributed by atoms with Gasteiger partial charge in [-0.15, -0.1) is 11.3 Å².